The summed E-state index contributed by atoms with van der Waals surface area (Å²) in [6, 6.07) is 0. The zero-order valence-electron chi connectivity index (χ0n) is 7.68. The minimum atomic E-state index is -0.265. The Kier molecular flexibility index (Phi) is 2.19. The van der Waals surface area contributed by atoms with E-state index in [0.717, 1.165) is 5.57 Å². The van der Waals surface area contributed by atoms with E-state index in [1.807, 2.05) is 13.8 Å². The van der Waals surface area contributed by atoms with Crippen LogP contribution in [0.1, 0.15) is 27.7 Å². The van der Waals surface area contributed by atoms with Crippen LogP contribution >= 0.6 is 0 Å². The van der Waals surface area contributed by atoms with Gasteiger partial charge in [-0.05, 0) is 31.9 Å². The van der Waals surface area contributed by atoms with Gasteiger partial charge >= 0.3 is 0 Å². The van der Waals surface area contributed by atoms with Crippen LogP contribution in [0, 0.1) is 5.92 Å². The van der Waals surface area contributed by atoms with E-state index in [2.05, 4.69) is 19.9 Å². The molecule has 0 unspecified atom stereocenters. The second-order valence-corrected chi connectivity index (χ2v) is 3.46. The van der Waals surface area contributed by atoms with Gasteiger partial charge in [0.2, 0.25) is 0 Å². The molecule has 62 valence electrons. The van der Waals surface area contributed by atoms with E-state index in [4.69, 9.17) is 0 Å². The second kappa shape index (κ2) is 2.82. The molecule has 0 bridgehead atoms. The molecule has 1 rings (SSSR count). The van der Waals surface area contributed by atoms with Crippen molar-refractivity contribution in [3.8, 4) is 0 Å². The fourth-order valence-electron chi connectivity index (χ4n) is 1.54. The molecular weight excluding hydrogens is 136 g/mol. The van der Waals surface area contributed by atoms with E-state index in [-0.39, 0.29) is 12.0 Å². The summed E-state index contributed by atoms with van der Waals surface area (Å²) in [5, 5.41) is 9.63. The van der Waals surface area contributed by atoms with Crippen LogP contribution in [0.2, 0.25) is 0 Å². The summed E-state index contributed by atoms with van der Waals surface area (Å²) >= 11 is 0. The average molecular weight is 152 g/mol. The van der Waals surface area contributed by atoms with Gasteiger partial charge in [-0.2, -0.15) is 0 Å². The monoisotopic (exact) mass is 152 g/mol. The van der Waals surface area contributed by atoms with Crippen LogP contribution in [0.25, 0.3) is 0 Å². The lowest BCUT2D eigenvalue weighted by atomic mass is 9.85. The molecular formula is C10H16O. The van der Waals surface area contributed by atoms with E-state index in [1.54, 1.807) is 0 Å². The molecule has 1 N–H and O–H groups in total. The van der Waals surface area contributed by atoms with Crippen molar-refractivity contribution in [1.82, 2.24) is 0 Å². The molecule has 1 heteroatoms. The lowest BCUT2D eigenvalue weighted by Gasteiger charge is -2.25. The lowest BCUT2D eigenvalue weighted by Crippen LogP contribution is -2.22. The first-order valence-corrected chi connectivity index (χ1v) is 4.08. The van der Waals surface area contributed by atoms with Crippen molar-refractivity contribution >= 4 is 0 Å². The maximum absolute atomic E-state index is 9.63. The summed E-state index contributed by atoms with van der Waals surface area (Å²) in [7, 11) is 0. The molecule has 1 nitrogen and oxygen atoms in total. The van der Waals surface area contributed by atoms with E-state index < -0.39 is 0 Å². The minimum absolute atomic E-state index is 0.265. The molecule has 1 aliphatic rings. The first kappa shape index (κ1) is 8.54. The maximum atomic E-state index is 9.63. The highest BCUT2D eigenvalue weighted by atomic mass is 16.3. The Morgan fingerprint density at radius 1 is 1.27 bits per heavy atom. The largest absolute Gasteiger partial charge is 0.388 e. The van der Waals surface area contributed by atoms with Crippen LogP contribution in [-0.4, -0.2) is 11.2 Å². The zero-order valence-corrected chi connectivity index (χ0v) is 7.68. The average Bonchev–Trinajstić information content (AvgIpc) is 1.97. The Morgan fingerprint density at radius 2 is 1.82 bits per heavy atom. The van der Waals surface area contributed by atoms with Crippen molar-refractivity contribution in [3.63, 3.8) is 0 Å². The highest BCUT2D eigenvalue weighted by Gasteiger charge is 2.20. The van der Waals surface area contributed by atoms with Crippen LogP contribution in [0.4, 0.5) is 0 Å². The van der Waals surface area contributed by atoms with Gasteiger partial charge < -0.3 is 5.11 Å². The fraction of sp³-hybridized carbons (Fsp3) is 0.600. The van der Waals surface area contributed by atoms with E-state index in [9.17, 15) is 5.11 Å². The van der Waals surface area contributed by atoms with Crippen LogP contribution in [-0.2, 0) is 0 Å². The quantitative estimate of drug-likeness (QED) is 0.564. The Balaban J connectivity index is 3.02. The first-order chi connectivity index (χ1) is 5.04. The molecule has 0 saturated carbocycles. The van der Waals surface area contributed by atoms with Gasteiger partial charge in [0.15, 0.2) is 0 Å². The molecule has 0 aliphatic heterocycles. The van der Waals surface area contributed by atoms with Gasteiger partial charge in [0.05, 0.1) is 6.10 Å². The van der Waals surface area contributed by atoms with Crippen LogP contribution < -0.4 is 0 Å². The molecule has 0 aromatic rings. The Bertz CT molecular complexity index is 223. The molecule has 0 amide bonds. The third-order valence-corrected chi connectivity index (χ3v) is 2.64. The SMILES string of the molecule is CC1=C[C@@H](C)[C@@H](O)C(C)=C1C. The highest BCUT2D eigenvalue weighted by molar-refractivity contribution is 5.37. The van der Waals surface area contributed by atoms with Crippen molar-refractivity contribution in [2.45, 2.75) is 33.8 Å². The number of allylic oxidation sites excluding steroid dienone is 2. The Hall–Kier alpha value is -0.560. The van der Waals surface area contributed by atoms with Gasteiger partial charge in [-0.1, -0.05) is 18.6 Å². The smallest absolute Gasteiger partial charge is 0.0813 e. The summed E-state index contributed by atoms with van der Waals surface area (Å²) in [6.45, 7) is 8.22. The number of hydrogen-bond donors (Lipinski definition) is 1. The number of aliphatic hydroxyl groups is 1. The van der Waals surface area contributed by atoms with Gasteiger partial charge in [0.1, 0.15) is 0 Å². The molecule has 0 aromatic heterocycles. The number of aliphatic hydroxyl groups excluding tert-OH is 1. The topological polar surface area (TPSA) is 20.2 Å². The number of rotatable bonds is 0. The third kappa shape index (κ3) is 1.38. The molecule has 0 saturated heterocycles. The normalized spacial score (nSPS) is 32.3. The van der Waals surface area contributed by atoms with Crippen molar-refractivity contribution in [1.29, 1.82) is 0 Å². The van der Waals surface area contributed by atoms with E-state index in [1.165, 1.54) is 11.1 Å². The molecule has 11 heavy (non-hydrogen) atoms. The van der Waals surface area contributed by atoms with Gasteiger partial charge in [-0.3, -0.25) is 0 Å². The Labute approximate surface area is 68.4 Å². The van der Waals surface area contributed by atoms with Crippen molar-refractivity contribution in [2.75, 3.05) is 0 Å². The minimum Gasteiger partial charge on any atom is -0.388 e. The van der Waals surface area contributed by atoms with Gasteiger partial charge in [0, 0.05) is 5.92 Å². The van der Waals surface area contributed by atoms with Gasteiger partial charge in [-0.15, -0.1) is 0 Å². The van der Waals surface area contributed by atoms with Crippen LogP contribution in [0.5, 0.6) is 0 Å². The predicted octanol–water partition coefficient (Wildman–Crippen LogP) is 2.28. The van der Waals surface area contributed by atoms with E-state index in [0.29, 0.717) is 0 Å². The predicted molar refractivity (Wildman–Crippen MR) is 47.3 cm³/mol. The fourth-order valence-corrected chi connectivity index (χ4v) is 1.54. The van der Waals surface area contributed by atoms with Crippen LogP contribution in [0.3, 0.4) is 0 Å². The molecule has 2 atom stereocenters. The van der Waals surface area contributed by atoms with Gasteiger partial charge in [0.25, 0.3) is 0 Å². The summed E-state index contributed by atoms with van der Waals surface area (Å²) in [5.74, 6) is 0.277. The molecule has 0 spiro atoms. The summed E-state index contributed by atoms with van der Waals surface area (Å²) in [5.41, 5.74) is 3.67. The van der Waals surface area contributed by atoms with Crippen molar-refractivity contribution in [2.24, 2.45) is 5.92 Å². The lowest BCUT2D eigenvalue weighted by molar-refractivity contribution is 0.169. The molecule has 0 aromatic carbocycles. The zero-order chi connectivity index (χ0) is 8.59. The maximum Gasteiger partial charge on any atom is 0.0813 e. The highest BCUT2D eigenvalue weighted by Crippen LogP contribution is 2.27. The second-order valence-electron chi connectivity index (χ2n) is 3.46. The summed E-state index contributed by atoms with van der Waals surface area (Å²) in [6.07, 6.45) is 1.87. The van der Waals surface area contributed by atoms with Gasteiger partial charge in [-0.25, -0.2) is 0 Å². The van der Waals surface area contributed by atoms with Crippen molar-refractivity contribution in [3.05, 3.63) is 22.8 Å². The standard InChI is InChI=1S/C10H16O/c1-6-5-7(2)10(11)9(4)8(6)3/h5,7,10-11H,1-4H3/t7-,10-/m1/s1. The molecule has 0 radical (unpaired) electrons. The van der Waals surface area contributed by atoms with Crippen molar-refractivity contribution < 1.29 is 5.11 Å². The van der Waals surface area contributed by atoms with Crippen LogP contribution in [0.15, 0.2) is 22.8 Å². The molecule has 1 aliphatic carbocycles. The number of hydrogen-bond acceptors (Lipinski definition) is 1. The summed E-state index contributed by atoms with van der Waals surface area (Å²) < 4.78 is 0. The molecule has 0 fully saturated rings. The van der Waals surface area contributed by atoms with E-state index >= 15 is 0 Å². The first-order valence-electron chi connectivity index (χ1n) is 4.08. The Morgan fingerprint density at radius 3 is 2.36 bits per heavy atom. The third-order valence-electron chi connectivity index (χ3n) is 2.64. The molecule has 0 heterocycles. The summed E-state index contributed by atoms with van der Waals surface area (Å²) in [4.78, 5) is 0.